The molecule has 3 aliphatic heterocycles. The van der Waals surface area contributed by atoms with Crippen LogP contribution in [0.25, 0.3) is 0 Å². The van der Waals surface area contributed by atoms with Crippen LogP contribution in [0.5, 0.6) is 0 Å². The van der Waals surface area contributed by atoms with Gasteiger partial charge in [0.25, 0.3) is 0 Å². The molecule has 0 aromatic heterocycles. The van der Waals surface area contributed by atoms with Gasteiger partial charge < -0.3 is 24.8 Å². The third-order valence-electron chi connectivity index (χ3n) is 7.40. The molecular formula is C20H30O6. The second-order valence-corrected chi connectivity index (χ2v) is 9.32. The molecule has 3 heterocycles. The molecule has 4 aliphatic rings. The first-order valence-corrected chi connectivity index (χ1v) is 9.66. The Labute approximate surface area is 154 Å². The zero-order valence-corrected chi connectivity index (χ0v) is 15.9. The maximum atomic E-state index is 12.8. The lowest BCUT2D eigenvalue weighted by molar-refractivity contribution is -0.187. The number of ketones is 1. The first kappa shape index (κ1) is 18.6. The number of aliphatic hydroxyl groups excluding tert-OH is 2. The van der Waals surface area contributed by atoms with Gasteiger partial charge in [0.2, 0.25) is 0 Å². The van der Waals surface area contributed by atoms with Crippen LogP contribution in [0, 0.1) is 23.7 Å². The Morgan fingerprint density at radius 3 is 2.58 bits per heavy atom. The van der Waals surface area contributed by atoms with E-state index in [2.05, 4.69) is 0 Å². The highest BCUT2D eigenvalue weighted by Gasteiger charge is 2.64. The van der Waals surface area contributed by atoms with Gasteiger partial charge in [-0.05, 0) is 32.8 Å². The molecule has 1 aliphatic carbocycles. The van der Waals surface area contributed by atoms with E-state index in [1.807, 2.05) is 20.8 Å². The quantitative estimate of drug-likeness (QED) is 0.588. The van der Waals surface area contributed by atoms with Crippen molar-refractivity contribution < 1.29 is 29.6 Å². The maximum Gasteiger partial charge on any atom is 0.159 e. The zero-order valence-electron chi connectivity index (χ0n) is 15.9. The van der Waals surface area contributed by atoms with Gasteiger partial charge in [-0.3, -0.25) is 4.79 Å². The molecule has 4 rings (SSSR count). The lowest BCUT2D eigenvalue weighted by atomic mass is 9.62. The monoisotopic (exact) mass is 366 g/mol. The summed E-state index contributed by atoms with van der Waals surface area (Å²) in [4.78, 5) is 12.8. The zero-order chi connectivity index (χ0) is 19.0. The van der Waals surface area contributed by atoms with Crippen molar-refractivity contribution in [2.45, 2.75) is 76.2 Å². The highest BCUT2D eigenvalue weighted by atomic mass is 16.6. The predicted octanol–water partition coefficient (Wildman–Crippen LogP) is 0.823. The number of hydrogen-bond donors (Lipinski definition) is 3. The van der Waals surface area contributed by atoms with Crippen LogP contribution in [-0.2, 0) is 14.3 Å². The average molecular weight is 366 g/mol. The van der Waals surface area contributed by atoms with Crippen molar-refractivity contribution in [2.75, 3.05) is 6.61 Å². The summed E-state index contributed by atoms with van der Waals surface area (Å²) in [6.07, 6.45) is -0.859. The Morgan fingerprint density at radius 2 is 1.88 bits per heavy atom. The van der Waals surface area contributed by atoms with E-state index >= 15 is 0 Å². The summed E-state index contributed by atoms with van der Waals surface area (Å²) in [6.45, 7) is 7.73. The van der Waals surface area contributed by atoms with Gasteiger partial charge in [-0.15, -0.1) is 0 Å². The molecule has 146 valence electrons. The standard InChI is InChI=1S/C20H30O6/c1-9-5-11(21)15-10(2)8-25-20(4)14(23)6-13(22)19(3,24)7-12-16(9)17(15)18(20)26-12/h5,10,12-18,22-24H,6-8H2,1-4H3/t10-,12?,13+,14+,15-,16-,17-,18?,19+,20-/m0/s1. The van der Waals surface area contributed by atoms with Gasteiger partial charge in [-0.1, -0.05) is 12.5 Å². The Hall–Kier alpha value is -0.790. The summed E-state index contributed by atoms with van der Waals surface area (Å²) in [6, 6.07) is 0. The number of ether oxygens (including phenoxy) is 2. The summed E-state index contributed by atoms with van der Waals surface area (Å²) in [5, 5.41) is 32.4. The number of hydrogen-bond acceptors (Lipinski definition) is 6. The number of fused-ring (bicyclic) bond motifs is 2. The topological polar surface area (TPSA) is 96.2 Å². The third kappa shape index (κ3) is 2.46. The molecule has 2 unspecified atom stereocenters. The van der Waals surface area contributed by atoms with E-state index in [9.17, 15) is 20.1 Å². The number of aliphatic hydroxyl groups is 3. The molecule has 26 heavy (non-hydrogen) atoms. The van der Waals surface area contributed by atoms with Gasteiger partial charge in [-0.25, -0.2) is 0 Å². The van der Waals surface area contributed by atoms with Crippen LogP contribution in [-0.4, -0.2) is 63.3 Å². The molecule has 0 spiro atoms. The molecule has 0 aromatic rings. The molecular weight excluding hydrogens is 336 g/mol. The Bertz CT molecular complexity index is 642. The smallest absolute Gasteiger partial charge is 0.159 e. The van der Waals surface area contributed by atoms with Crippen LogP contribution in [0.4, 0.5) is 0 Å². The highest BCUT2D eigenvalue weighted by molar-refractivity contribution is 5.94. The van der Waals surface area contributed by atoms with Gasteiger partial charge in [0, 0.05) is 30.6 Å². The van der Waals surface area contributed by atoms with Gasteiger partial charge >= 0.3 is 0 Å². The van der Waals surface area contributed by atoms with E-state index in [-0.39, 0.29) is 48.4 Å². The van der Waals surface area contributed by atoms with Gasteiger partial charge in [0.05, 0.1) is 36.6 Å². The van der Waals surface area contributed by atoms with Crippen LogP contribution in [0.1, 0.15) is 40.5 Å². The predicted molar refractivity (Wildman–Crippen MR) is 93.3 cm³/mol. The van der Waals surface area contributed by atoms with Crippen molar-refractivity contribution in [3.8, 4) is 0 Å². The van der Waals surface area contributed by atoms with E-state index in [4.69, 9.17) is 9.47 Å². The fourth-order valence-corrected chi connectivity index (χ4v) is 5.79. The molecule has 3 fully saturated rings. The molecule has 3 saturated heterocycles. The van der Waals surface area contributed by atoms with Crippen LogP contribution in [0.2, 0.25) is 0 Å². The minimum Gasteiger partial charge on any atom is -0.390 e. The van der Waals surface area contributed by atoms with Gasteiger partial charge in [0.1, 0.15) is 5.60 Å². The Kier molecular flexibility index (Phi) is 4.18. The number of carbonyl (C=O) groups is 1. The SMILES string of the molecule is CC1=CC(=O)[C@H]2[C@@H]3C4OC(C[C@@](C)(O)[C@H](O)C[C@@H](O)[C@]4(C)OC[C@@H]2C)[C@H]13. The van der Waals surface area contributed by atoms with Crippen molar-refractivity contribution in [1.29, 1.82) is 0 Å². The molecule has 3 N–H and O–H groups in total. The average Bonchev–Trinajstić information content (AvgIpc) is 2.86. The van der Waals surface area contributed by atoms with E-state index < -0.39 is 29.5 Å². The van der Waals surface area contributed by atoms with Crippen LogP contribution in [0.15, 0.2) is 11.6 Å². The first-order chi connectivity index (χ1) is 12.1. The van der Waals surface area contributed by atoms with Crippen molar-refractivity contribution in [2.24, 2.45) is 23.7 Å². The first-order valence-electron chi connectivity index (χ1n) is 9.66. The van der Waals surface area contributed by atoms with E-state index in [0.29, 0.717) is 6.61 Å². The second-order valence-electron chi connectivity index (χ2n) is 9.32. The van der Waals surface area contributed by atoms with E-state index in [1.165, 1.54) is 0 Å². The van der Waals surface area contributed by atoms with Crippen molar-refractivity contribution >= 4 is 5.78 Å². The molecule has 0 saturated carbocycles. The maximum absolute atomic E-state index is 12.8. The number of allylic oxidation sites excluding steroid dienone is 1. The normalized spacial score (nSPS) is 56.9. The molecule has 0 aromatic carbocycles. The summed E-state index contributed by atoms with van der Waals surface area (Å²) >= 11 is 0. The molecule has 6 nitrogen and oxygen atoms in total. The fourth-order valence-electron chi connectivity index (χ4n) is 5.79. The Balaban J connectivity index is 1.88. The molecule has 10 atom stereocenters. The van der Waals surface area contributed by atoms with Crippen LogP contribution >= 0.6 is 0 Å². The minimum atomic E-state index is -1.38. The van der Waals surface area contributed by atoms with Crippen molar-refractivity contribution in [3.63, 3.8) is 0 Å². The molecule has 0 amide bonds. The summed E-state index contributed by atoms with van der Waals surface area (Å²) in [5.41, 5.74) is -1.45. The highest BCUT2D eigenvalue weighted by Crippen LogP contribution is 2.55. The van der Waals surface area contributed by atoms with Crippen LogP contribution < -0.4 is 0 Å². The molecule has 0 radical (unpaired) electrons. The van der Waals surface area contributed by atoms with Gasteiger partial charge in [-0.2, -0.15) is 0 Å². The lowest BCUT2D eigenvalue weighted by Gasteiger charge is -2.43. The molecule has 2 bridgehead atoms. The fraction of sp³-hybridized carbons (Fsp3) is 0.850. The summed E-state index contributed by atoms with van der Waals surface area (Å²) in [5.74, 6) is -0.182. The third-order valence-corrected chi connectivity index (χ3v) is 7.40. The van der Waals surface area contributed by atoms with E-state index in [0.717, 1.165) is 5.57 Å². The minimum absolute atomic E-state index is 0.00921. The van der Waals surface area contributed by atoms with Crippen molar-refractivity contribution in [1.82, 2.24) is 0 Å². The largest absolute Gasteiger partial charge is 0.390 e. The van der Waals surface area contributed by atoms with Crippen molar-refractivity contribution in [3.05, 3.63) is 11.6 Å². The Morgan fingerprint density at radius 1 is 1.19 bits per heavy atom. The van der Waals surface area contributed by atoms with Gasteiger partial charge in [0.15, 0.2) is 5.78 Å². The summed E-state index contributed by atoms with van der Waals surface area (Å²) < 4.78 is 12.6. The second kappa shape index (κ2) is 5.85. The summed E-state index contributed by atoms with van der Waals surface area (Å²) in [7, 11) is 0. The molecule has 6 heteroatoms. The number of carbonyl (C=O) groups excluding carboxylic acids is 1. The van der Waals surface area contributed by atoms with Crippen LogP contribution in [0.3, 0.4) is 0 Å². The van der Waals surface area contributed by atoms with E-state index in [1.54, 1.807) is 13.0 Å². The lowest BCUT2D eigenvalue weighted by Crippen LogP contribution is -2.56. The number of rotatable bonds is 0.